The predicted molar refractivity (Wildman–Crippen MR) is 30.2 cm³/mol. The molecule has 0 saturated heterocycles. The van der Waals surface area contributed by atoms with Gasteiger partial charge in [-0.05, 0) is 0 Å². The van der Waals surface area contributed by atoms with Crippen molar-refractivity contribution in [2.75, 3.05) is 7.05 Å². The van der Waals surface area contributed by atoms with Crippen LogP contribution in [-0.4, -0.2) is 23.6 Å². The van der Waals surface area contributed by atoms with Crippen LogP contribution >= 0.6 is 11.6 Å². The fraction of sp³-hybridized carbons (Fsp3) is 0.500. The third kappa shape index (κ3) is 1.06. The highest BCUT2D eigenvalue weighted by atomic mass is 35.5. The van der Waals surface area contributed by atoms with Crippen LogP contribution in [0.15, 0.2) is 5.10 Å². The van der Waals surface area contributed by atoms with Gasteiger partial charge < -0.3 is 0 Å². The number of rotatable bonds is 0. The molecule has 1 radical (unpaired) electrons. The Morgan fingerprint density at radius 2 is 2.57 bits per heavy atom. The van der Waals surface area contributed by atoms with E-state index in [2.05, 4.69) is 5.10 Å². The molecule has 0 aromatic heterocycles. The van der Waals surface area contributed by atoms with Crippen molar-refractivity contribution in [3.05, 3.63) is 6.54 Å². The van der Waals surface area contributed by atoms with Crippen molar-refractivity contribution in [1.82, 2.24) is 5.01 Å². The third-order valence-electron chi connectivity index (χ3n) is 0.749. The van der Waals surface area contributed by atoms with Gasteiger partial charge in [-0.3, -0.25) is 5.01 Å². The maximum atomic E-state index is 5.56. The SMILES string of the molecule is CN1[CH]C(Cl)C=N1. The Kier molecular flexibility index (Phi) is 1.19. The monoisotopic (exact) mass is 117 g/mol. The van der Waals surface area contributed by atoms with E-state index in [-0.39, 0.29) is 5.38 Å². The van der Waals surface area contributed by atoms with Crippen molar-refractivity contribution in [2.45, 2.75) is 5.38 Å². The van der Waals surface area contributed by atoms with E-state index in [1.165, 1.54) is 0 Å². The van der Waals surface area contributed by atoms with Crippen LogP contribution in [0.3, 0.4) is 0 Å². The van der Waals surface area contributed by atoms with Crippen molar-refractivity contribution >= 4 is 17.8 Å². The lowest BCUT2D eigenvalue weighted by atomic mass is 10.5. The number of hydrogen-bond acceptors (Lipinski definition) is 2. The number of alkyl halides is 1. The molecule has 2 nitrogen and oxygen atoms in total. The van der Waals surface area contributed by atoms with E-state index in [1.54, 1.807) is 11.2 Å². The number of nitrogens with zero attached hydrogens (tertiary/aromatic N) is 2. The van der Waals surface area contributed by atoms with E-state index in [0.29, 0.717) is 0 Å². The minimum atomic E-state index is 0.00463. The first-order valence-electron chi connectivity index (χ1n) is 2.05. The van der Waals surface area contributed by atoms with Gasteiger partial charge >= 0.3 is 0 Å². The van der Waals surface area contributed by atoms with Gasteiger partial charge in [0.2, 0.25) is 0 Å². The van der Waals surface area contributed by atoms with Crippen molar-refractivity contribution in [3.8, 4) is 0 Å². The molecule has 0 N–H and O–H groups in total. The fourth-order valence-corrected chi connectivity index (χ4v) is 0.665. The molecular weight excluding hydrogens is 112 g/mol. The zero-order valence-electron chi connectivity index (χ0n) is 4.00. The molecule has 0 aromatic carbocycles. The standard InChI is InChI=1S/C4H6ClN2/c1-7-3-4(5)2-6-7/h2-4H,1H3. The van der Waals surface area contributed by atoms with Crippen LogP contribution in [-0.2, 0) is 0 Å². The number of hydrogen-bond donors (Lipinski definition) is 0. The summed E-state index contributed by atoms with van der Waals surface area (Å²) in [6, 6.07) is 0. The second-order valence-corrected chi connectivity index (χ2v) is 1.94. The molecule has 0 amide bonds. The molecule has 1 aliphatic rings. The number of halogens is 1. The highest BCUT2D eigenvalue weighted by molar-refractivity contribution is 6.29. The maximum Gasteiger partial charge on any atom is 0.0946 e. The molecule has 39 valence electrons. The van der Waals surface area contributed by atoms with Crippen LogP contribution in [0.5, 0.6) is 0 Å². The summed E-state index contributed by atoms with van der Waals surface area (Å²) < 4.78 is 0. The Hall–Kier alpha value is -0.240. The van der Waals surface area contributed by atoms with E-state index < -0.39 is 0 Å². The maximum absolute atomic E-state index is 5.56. The summed E-state index contributed by atoms with van der Waals surface area (Å²) in [4.78, 5) is 0. The van der Waals surface area contributed by atoms with Crippen LogP contribution in [0.2, 0.25) is 0 Å². The molecule has 0 bridgehead atoms. The molecule has 0 spiro atoms. The summed E-state index contributed by atoms with van der Waals surface area (Å²) in [5, 5.41) is 5.53. The topological polar surface area (TPSA) is 15.6 Å². The summed E-state index contributed by atoms with van der Waals surface area (Å²) in [7, 11) is 1.85. The zero-order chi connectivity index (χ0) is 5.28. The molecule has 0 saturated carbocycles. The fourth-order valence-electron chi connectivity index (χ4n) is 0.452. The van der Waals surface area contributed by atoms with E-state index >= 15 is 0 Å². The molecule has 7 heavy (non-hydrogen) atoms. The van der Waals surface area contributed by atoms with Gasteiger partial charge in [0, 0.05) is 13.3 Å². The number of hydrazone groups is 1. The van der Waals surface area contributed by atoms with Crippen molar-refractivity contribution < 1.29 is 0 Å². The average Bonchev–Trinajstić information content (AvgIpc) is 1.87. The van der Waals surface area contributed by atoms with Gasteiger partial charge in [0.15, 0.2) is 0 Å². The molecule has 0 aliphatic carbocycles. The molecule has 1 heterocycles. The minimum absolute atomic E-state index is 0.00463. The Balaban J connectivity index is 2.42. The van der Waals surface area contributed by atoms with Gasteiger partial charge in [0.25, 0.3) is 0 Å². The van der Waals surface area contributed by atoms with E-state index in [4.69, 9.17) is 11.6 Å². The first-order valence-corrected chi connectivity index (χ1v) is 2.48. The Labute approximate surface area is 47.8 Å². The third-order valence-corrected chi connectivity index (χ3v) is 0.975. The first kappa shape index (κ1) is 4.91. The minimum Gasteiger partial charge on any atom is -0.293 e. The highest BCUT2D eigenvalue weighted by Gasteiger charge is 2.09. The van der Waals surface area contributed by atoms with Gasteiger partial charge in [0.05, 0.1) is 11.9 Å². The summed E-state index contributed by atoms with van der Waals surface area (Å²) in [5.74, 6) is 0. The zero-order valence-corrected chi connectivity index (χ0v) is 4.76. The predicted octanol–water partition coefficient (Wildman–Crippen LogP) is 0.687. The normalized spacial score (nSPS) is 29.4. The smallest absolute Gasteiger partial charge is 0.0946 e. The largest absolute Gasteiger partial charge is 0.293 e. The van der Waals surface area contributed by atoms with E-state index in [9.17, 15) is 0 Å². The Bertz CT molecular complexity index is 81.7. The van der Waals surface area contributed by atoms with Gasteiger partial charge in [-0.15, -0.1) is 11.6 Å². The summed E-state index contributed by atoms with van der Waals surface area (Å²) in [6.45, 7) is 1.82. The van der Waals surface area contributed by atoms with Gasteiger partial charge in [-0.2, -0.15) is 5.10 Å². The Morgan fingerprint density at radius 1 is 1.86 bits per heavy atom. The summed E-state index contributed by atoms with van der Waals surface area (Å²) >= 11 is 5.56. The first-order chi connectivity index (χ1) is 3.29. The van der Waals surface area contributed by atoms with Crippen LogP contribution < -0.4 is 0 Å². The quantitative estimate of drug-likeness (QED) is 0.426. The highest BCUT2D eigenvalue weighted by Crippen LogP contribution is 2.07. The Morgan fingerprint density at radius 3 is 2.71 bits per heavy atom. The second kappa shape index (κ2) is 1.70. The van der Waals surface area contributed by atoms with Crippen LogP contribution in [0.4, 0.5) is 0 Å². The van der Waals surface area contributed by atoms with Crippen molar-refractivity contribution in [1.29, 1.82) is 0 Å². The summed E-state index contributed by atoms with van der Waals surface area (Å²) in [6.07, 6.45) is 1.68. The molecule has 1 aliphatic heterocycles. The average molecular weight is 118 g/mol. The van der Waals surface area contributed by atoms with Gasteiger partial charge in [-0.1, -0.05) is 0 Å². The van der Waals surface area contributed by atoms with Crippen LogP contribution in [0.1, 0.15) is 0 Å². The molecule has 3 heteroatoms. The van der Waals surface area contributed by atoms with Gasteiger partial charge in [-0.25, -0.2) is 0 Å². The second-order valence-electron chi connectivity index (χ2n) is 1.43. The molecule has 0 fully saturated rings. The van der Waals surface area contributed by atoms with Gasteiger partial charge in [0.1, 0.15) is 0 Å². The lowest BCUT2D eigenvalue weighted by Gasteiger charge is -2.01. The van der Waals surface area contributed by atoms with E-state index in [0.717, 1.165) is 0 Å². The van der Waals surface area contributed by atoms with Crippen molar-refractivity contribution in [3.63, 3.8) is 0 Å². The lowest BCUT2D eigenvalue weighted by molar-refractivity contribution is 0.458. The van der Waals surface area contributed by atoms with Crippen molar-refractivity contribution in [2.24, 2.45) is 5.10 Å². The molecular formula is C4H6ClN2. The molecule has 1 rings (SSSR count). The molecule has 0 aromatic rings. The van der Waals surface area contributed by atoms with Crippen LogP contribution in [0.25, 0.3) is 0 Å². The molecule has 1 atom stereocenters. The summed E-state index contributed by atoms with van der Waals surface area (Å²) in [5.41, 5.74) is 0. The van der Waals surface area contributed by atoms with E-state index in [1.807, 2.05) is 13.6 Å². The van der Waals surface area contributed by atoms with Crippen LogP contribution in [0, 0.1) is 6.54 Å². The lowest BCUT2D eigenvalue weighted by Crippen LogP contribution is -2.04. The molecule has 1 unspecified atom stereocenters.